The second-order valence-corrected chi connectivity index (χ2v) is 6.92. The molecule has 0 unspecified atom stereocenters. The van der Waals surface area contributed by atoms with Gasteiger partial charge in [0.25, 0.3) is 5.69 Å². The van der Waals surface area contributed by atoms with Gasteiger partial charge >= 0.3 is 0 Å². The van der Waals surface area contributed by atoms with Crippen molar-refractivity contribution in [2.24, 2.45) is 0 Å². The Labute approximate surface area is 175 Å². The molecule has 0 aliphatic heterocycles. The van der Waals surface area contributed by atoms with Crippen LogP contribution in [-0.4, -0.2) is 26.5 Å². The number of non-ortho nitro benzene ring substituents is 1. The number of fused-ring (bicyclic) bond motifs is 1. The fraction of sp³-hybridized carbons (Fsp3) is 0.105. The molecule has 0 atom stereocenters. The van der Waals surface area contributed by atoms with E-state index >= 15 is 0 Å². The first-order valence-electron chi connectivity index (χ1n) is 8.33. The Bertz CT molecular complexity index is 1110. The summed E-state index contributed by atoms with van der Waals surface area (Å²) >= 11 is 1.49. The molecule has 0 spiro atoms. The second kappa shape index (κ2) is 8.41. The third-order valence-corrected chi connectivity index (χ3v) is 5.10. The zero-order valence-electron chi connectivity index (χ0n) is 14.6. The molecule has 0 aliphatic rings. The van der Waals surface area contributed by atoms with Gasteiger partial charge in [0.2, 0.25) is 0 Å². The summed E-state index contributed by atoms with van der Waals surface area (Å²) in [7, 11) is 0. The molecule has 0 saturated carbocycles. The van der Waals surface area contributed by atoms with Gasteiger partial charge in [-0.15, -0.1) is 28.3 Å². The molecule has 0 aliphatic carbocycles. The first-order valence-corrected chi connectivity index (χ1v) is 9.21. The molecule has 2 aromatic heterocycles. The summed E-state index contributed by atoms with van der Waals surface area (Å²) in [4.78, 5) is 18.1. The highest BCUT2D eigenvalue weighted by molar-refractivity contribution is 8.93. The minimum Gasteiger partial charge on any atom is -0.508 e. The molecule has 3 N–H and O–H groups in total. The molecule has 144 valence electrons. The maximum absolute atomic E-state index is 10.7. The number of aromatic hydroxyl groups is 1. The monoisotopic (exact) mass is 460 g/mol. The number of benzene rings is 2. The third kappa shape index (κ3) is 4.15. The number of nitro groups is 1. The number of anilines is 1. The zero-order valence-corrected chi connectivity index (χ0v) is 17.1. The van der Waals surface area contributed by atoms with Crippen LogP contribution in [0.3, 0.4) is 0 Å². The molecule has 2 aromatic carbocycles. The van der Waals surface area contributed by atoms with Gasteiger partial charge in [-0.1, -0.05) is 0 Å². The summed E-state index contributed by atoms with van der Waals surface area (Å²) in [5.74, 6) is 0.254. The number of rotatable bonds is 6. The molecule has 0 saturated heterocycles. The number of aromatic nitrogens is 2. The number of hydrogen-bond acceptors (Lipinski definition) is 6. The van der Waals surface area contributed by atoms with Crippen molar-refractivity contribution in [3.63, 3.8) is 0 Å². The van der Waals surface area contributed by atoms with Crippen molar-refractivity contribution in [3.05, 3.63) is 69.7 Å². The maximum Gasteiger partial charge on any atom is 0.269 e. The Balaban J connectivity index is 0.00000225. The number of H-pyrrole nitrogens is 1. The van der Waals surface area contributed by atoms with Gasteiger partial charge in [-0.2, -0.15) is 0 Å². The SMILES string of the molecule is Br.O=[N+]([O-])c1ccc(-c2csc(NCCc3c[nH]c4ccc(O)cc34)n2)cc1. The lowest BCUT2D eigenvalue weighted by Gasteiger charge is -2.02. The molecule has 0 amide bonds. The van der Waals surface area contributed by atoms with Gasteiger partial charge in [0.15, 0.2) is 5.13 Å². The number of phenols is 1. The van der Waals surface area contributed by atoms with Gasteiger partial charge in [0.1, 0.15) is 5.75 Å². The van der Waals surface area contributed by atoms with Crippen molar-refractivity contribution < 1.29 is 10.0 Å². The van der Waals surface area contributed by atoms with Gasteiger partial charge in [0, 0.05) is 46.7 Å². The van der Waals surface area contributed by atoms with E-state index in [2.05, 4.69) is 15.3 Å². The Morgan fingerprint density at radius 2 is 2.00 bits per heavy atom. The van der Waals surface area contributed by atoms with Crippen molar-refractivity contribution >= 4 is 50.0 Å². The van der Waals surface area contributed by atoms with Crippen LogP contribution in [0.5, 0.6) is 5.75 Å². The van der Waals surface area contributed by atoms with Crippen LogP contribution >= 0.6 is 28.3 Å². The number of aromatic amines is 1. The highest BCUT2D eigenvalue weighted by Gasteiger charge is 2.09. The van der Waals surface area contributed by atoms with Crippen LogP contribution in [0.2, 0.25) is 0 Å². The quantitative estimate of drug-likeness (QED) is 0.273. The normalized spacial score (nSPS) is 10.6. The van der Waals surface area contributed by atoms with Crippen molar-refractivity contribution in [2.75, 3.05) is 11.9 Å². The molecule has 0 bridgehead atoms. The summed E-state index contributed by atoms with van der Waals surface area (Å²) in [6.07, 6.45) is 2.74. The lowest BCUT2D eigenvalue weighted by Crippen LogP contribution is -2.04. The molecular weight excluding hydrogens is 444 g/mol. The van der Waals surface area contributed by atoms with Crippen molar-refractivity contribution in [3.8, 4) is 17.0 Å². The highest BCUT2D eigenvalue weighted by atomic mass is 79.9. The first-order chi connectivity index (χ1) is 13.1. The third-order valence-electron chi connectivity index (χ3n) is 4.30. The van der Waals surface area contributed by atoms with Gasteiger partial charge in [-0.3, -0.25) is 10.1 Å². The lowest BCUT2D eigenvalue weighted by atomic mass is 10.1. The summed E-state index contributed by atoms with van der Waals surface area (Å²) in [6, 6.07) is 11.7. The van der Waals surface area contributed by atoms with Gasteiger partial charge in [-0.25, -0.2) is 4.98 Å². The van der Waals surface area contributed by atoms with Crippen molar-refractivity contribution in [1.29, 1.82) is 0 Å². The van der Waals surface area contributed by atoms with Gasteiger partial charge in [0.05, 0.1) is 10.6 Å². The van der Waals surface area contributed by atoms with E-state index in [4.69, 9.17) is 0 Å². The number of halogens is 1. The average Bonchev–Trinajstić information content (AvgIpc) is 3.29. The van der Waals surface area contributed by atoms with Gasteiger partial charge in [-0.05, 0) is 42.3 Å². The number of nitro benzene ring substituents is 1. The Kier molecular flexibility index (Phi) is 5.96. The second-order valence-electron chi connectivity index (χ2n) is 6.06. The van der Waals surface area contributed by atoms with Crippen LogP contribution in [0.1, 0.15) is 5.56 Å². The molecule has 2 heterocycles. The molecule has 0 radical (unpaired) electrons. The van der Waals surface area contributed by atoms with Crippen LogP contribution in [0.4, 0.5) is 10.8 Å². The Morgan fingerprint density at radius 1 is 1.21 bits per heavy atom. The fourth-order valence-corrected chi connectivity index (χ4v) is 3.67. The molecule has 0 fully saturated rings. The van der Waals surface area contributed by atoms with Crippen LogP contribution < -0.4 is 5.32 Å². The average molecular weight is 461 g/mol. The Morgan fingerprint density at radius 3 is 2.75 bits per heavy atom. The van der Waals surface area contributed by atoms with Crippen LogP contribution in [0, 0.1) is 10.1 Å². The predicted molar refractivity (Wildman–Crippen MR) is 117 cm³/mol. The zero-order chi connectivity index (χ0) is 18.8. The van der Waals surface area contributed by atoms with E-state index in [9.17, 15) is 15.2 Å². The molecule has 28 heavy (non-hydrogen) atoms. The van der Waals surface area contributed by atoms with E-state index < -0.39 is 4.92 Å². The van der Waals surface area contributed by atoms with Crippen molar-refractivity contribution in [2.45, 2.75) is 6.42 Å². The van der Waals surface area contributed by atoms with Gasteiger partial charge < -0.3 is 15.4 Å². The van der Waals surface area contributed by atoms with Crippen LogP contribution in [0.15, 0.2) is 54.0 Å². The molecule has 4 aromatic rings. The van der Waals surface area contributed by atoms with E-state index in [0.29, 0.717) is 6.54 Å². The largest absolute Gasteiger partial charge is 0.508 e. The van der Waals surface area contributed by atoms with E-state index in [0.717, 1.165) is 39.3 Å². The van der Waals surface area contributed by atoms with Crippen LogP contribution in [0.25, 0.3) is 22.2 Å². The minimum atomic E-state index is -0.414. The smallest absolute Gasteiger partial charge is 0.269 e. The topological polar surface area (TPSA) is 104 Å². The first kappa shape index (κ1) is 19.8. The predicted octanol–water partition coefficient (Wildman–Crippen LogP) is 5.14. The minimum absolute atomic E-state index is 0. The number of phenolic OH excluding ortho intramolecular Hbond substituents is 1. The number of thiazole rings is 1. The summed E-state index contributed by atoms with van der Waals surface area (Å²) < 4.78 is 0. The Hall–Kier alpha value is -2.91. The van der Waals surface area contributed by atoms with E-state index in [-0.39, 0.29) is 28.4 Å². The van der Waals surface area contributed by atoms with E-state index in [1.165, 1.54) is 23.5 Å². The van der Waals surface area contributed by atoms with Crippen molar-refractivity contribution in [1.82, 2.24) is 9.97 Å². The molecule has 9 heteroatoms. The highest BCUT2D eigenvalue weighted by Crippen LogP contribution is 2.27. The van der Waals surface area contributed by atoms with Crippen LogP contribution in [-0.2, 0) is 6.42 Å². The standard InChI is InChI=1S/C19H16N4O3S.BrH/c24-15-5-6-17-16(9-15)13(10-21-17)7-8-20-19-22-18(11-27-19)12-1-3-14(4-2-12)23(25)26;/h1-6,9-11,21,24H,7-8H2,(H,20,22);1H. The summed E-state index contributed by atoms with van der Waals surface area (Å²) in [6.45, 7) is 0.704. The molecule has 7 nitrogen and oxygen atoms in total. The lowest BCUT2D eigenvalue weighted by molar-refractivity contribution is -0.384. The summed E-state index contributed by atoms with van der Waals surface area (Å²) in [5, 5.41) is 27.4. The van der Waals surface area contributed by atoms with E-state index in [1.807, 2.05) is 17.6 Å². The number of nitrogens with zero attached hydrogens (tertiary/aromatic N) is 2. The fourth-order valence-electron chi connectivity index (χ4n) is 2.92. The molecule has 4 rings (SSSR count). The maximum atomic E-state index is 10.7. The number of hydrogen-bond donors (Lipinski definition) is 3. The molecular formula is C19H17BrN4O3S. The van der Waals surface area contributed by atoms with E-state index in [1.54, 1.807) is 24.3 Å². The summed E-state index contributed by atoms with van der Waals surface area (Å²) in [5.41, 5.74) is 3.82. The number of nitrogens with one attached hydrogen (secondary N) is 2.